The van der Waals surface area contributed by atoms with E-state index in [2.05, 4.69) is 15.6 Å². The molecule has 0 saturated carbocycles. The topological polar surface area (TPSA) is 107 Å². The first-order valence-electron chi connectivity index (χ1n) is 8.82. The smallest absolute Gasteiger partial charge is 0.413 e. The largest absolute Gasteiger partial charge is 0.444 e. The van der Waals surface area contributed by atoms with Crippen LogP contribution in [0.1, 0.15) is 64.7 Å². The van der Waals surface area contributed by atoms with Gasteiger partial charge in [-0.15, -0.1) is 0 Å². The van der Waals surface area contributed by atoms with Crippen molar-refractivity contribution in [3.8, 4) is 0 Å². The van der Waals surface area contributed by atoms with Crippen LogP contribution >= 0.6 is 0 Å². The zero-order valence-corrected chi connectivity index (χ0v) is 16.8. The number of pyridine rings is 1. The fourth-order valence-electron chi connectivity index (χ4n) is 2.02. The Morgan fingerprint density at radius 1 is 1.00 bits per heavy atom. The van der Waals surface area contributed by atoms with Gasteiger partial charge in [-0.1, -0.05) is 0 Å². The van der Waals surface area contributed by atoms with Crippen LogP contribution in [0.5, 0.6) is 0 Å². The van der Waals surface area contributed by atoms with E-state index in [0.29, 0.717) is 18.5 Å². The fourth-order valence-corrected chi connectivity index (χ4v) is 2.02. The van der Waals surface area contributed by atoms with E-state index in [4.69, 9.17) is 9.47 Å². The highest BCUT2D eigenvalue weighted by molar-refractivity contribution is 6.02. The first-order valence-corrected chi connectivity index (χ1v) is 8.82. The molecule has 8 heteroatoms. The predicted molar refractivity (Wildman–Crippen MR) is 102 cm³/mol. The molecular weight excluding hydrogens is 350 g/mol. The second kappa shape index (κ2) is 9.34. The van der Waals surface area contributed by atoms with Crippen molar-refractivity contribution >= 4 is 23.8 Å². The van der Waals surface area contributed by atoms with Gasteiger partial charge in [0.2, 0.25) is 0 Å². The van der Waals surface area contributed by atoms with E-state index in [1.54, 1.807) is 53.7 Å². The van der Waals surface area contributed by atoms with Gasteiger partial charge in [-0.3, -0.25) is 10.1 Å². The van der Waals surface area contributed by atoms with Crippen LogP contribution in [0.15, 0.2) is 18.3 Å². The van der Waals surface area contributed by atoms with Gasteiger partial charge in [0.05, 0.1) is 5.56 Å². The van der Waals surface area contributed by atoms with Crippen LogP contribution in [0.3, 0.4) is 0 Å². The van der Waals surface area contributed by atoms with Crippen LogP contribution in [0.25, 0.3) is 0 Å². The number of hydrogen-bond donors (Lipinski definition) is 2. The van der Waals surface area contributed by atoms with E-state index in [1.807, 2.05) is 0 Å². The van der Waals surface area contributed by atoms with Gasteiger partial charge < -0.3 is 14.8 Å². The van der Waals surface area contributed by atoms with E-state index in [-0.39, 0.29) is 18.0 Å². The Labute approximate surface area is 160 Å². The lowest BCUT2D eigenvalue weighted by Gasteiger charge is -2.20. The number of ketones is 1. The van der Waals surface area contributed by atoms with Crippen LogP contribution in [-0.2, 0) is 9.47 Å². The molecule has 0 fully saturated rings. The van der Waals surface area contributed by atoms with Crippen molar-refractivity contribution in [2.24, 2.45) is 0 Å². The first-order chi connectivity index (χ1) is 12.4. The molecule has 0 saturated heterocycles. The van der Waals surface area contributed by atoms with E-state index >= 15 is 0 Å². The molecule has 0 bridgehead atoms. The Bertz CT molecular complexity index is 675. The number of Topliss-reactive ketones (excluding diaryl/α,β-unsaturated/α-hetero) is 1. The van der Waals surface area contributed by atoms with Crippen molar-refractivity contribution in [2.75, 3.05) is 11.9 Å². The van der Waals surface area contributed by atoms with Gasteiger partial charge in [-0.2, -0.15) is 0 Å². The Kier molecular flexibility index (Phi) is 7.75. The van der Waals surface area contributed by atoms with Gasteiger partial charge in [-0.25, -0.2) is 14.6 Å². The summed E-state index contributed by atoms with van der Waals surface area (Å²) in [5.74, 6) is -0.0444. The Balaban J connectivity index is 2.56. The molecule has 150 valence electrons. The summed E-state index contributed by atoms with van der Waals surface area (Å²) in [5.41, 5.74) is -0.936. The molecule has 8 nitrogen and oxygen atoms in total. The van der Waals surface area contributed by atoms with Gasteiger partial charge in [0.15, 0.2) is 5.78 Å². The number of anilines is 1. The van der Waals surface area contributed by atoms with Gasteiger partial charge in [-0.05, 0) is 60.1 Å². The van der Waals surface area contributed by atoms with E-state index in [1.165, 1.54) is 6.20 Å². The maximum atomic E-state index is 12.4. The maximum absolute atomic E-state index is 12.4. The molecule has 1 heterocycles. The lowest BCUT2D eigenvalue weighted by atomic mass is 10.1. The molecule has 0 spiro atoms. The molecule has 27 heavy (non-hydrogen) atoms. The van der Waals surface area contributed by atoms with Crippen LogP contribution in [0.2, 0.25) is 0 Å². The van der Waals surface area contributed by atoms with Crippen LogP contribution in [0, 0.1) is 0 Å². The molecule has 0 aliphatic carbocycles. The molecule has 0 aromatic carbocycles. The Hall–Kier alpha value is -2.64. The summed E-state index contributed by atoms with van der Waals surface area (Å²) in [5, 5.41) is 5.10. The van der Waals surface area contributed by atoms with Gasteiger partial charge in [0.25, 0.3) is 0 Å². The molecule has 2 N–H and O–H groups in total. The highest BCUT2D eigenvalue weighted by atomic mass is 16.6. The molecule has 0 radical (unpaired) electrons. The molecule has 0 aliphatic heterocycles. The monoisotopic (exact) mass is 379 g/mol. The molecular formula is C19H29N3O5. The number of hydrogen-bond acceptors (Lipinski definition) is 6. The number of amides is 2. The van der Waals surface area contributed by atoms with E-state index in [9.17, 15) is 14.4 Å². The number of nitrogens with one attached hydrogen (secondary N) is 2. The lowest BCUT2D eigenvalue weighted by molar-refractivity contribution is 0.0524. The number of carbonyl (C=O) groups is 3. The number of nitrogens with zero attached hydrogens (tertiary/aromatic N) is 1. The fraction of sp³-hybridized carbons (Fsp3) is 0.579. The average Bonchev–Trinajstić information content (AvgIpc) is 2.48. The van der Waals surface area contributed by atoms with E-state index in [0.717, 1.165) is 0 Å². The van der Waals surface area contributed by atoms with Gasteiger partial charge in [0.1, 0.15) is 17.0 Å². The van der Waals surface area contributed by atoms with Crippen LogP contribution < -0.4 is 10.6 Å². The van der Waals surface area contributed by atoms with Crippen molar-refractivity contribution < 1.29 is 23.9 Å². The highest BCUT2D eigenvalue weighted by Crippen LogP contribution is 2.16. The predicted octanol–water partition coefficient (Wildman–Crippen LogP) is 3.92. The molecule has 0 aliphatic rings. The molecule has 1 aromatic heterocycles. The minimum Gasteiger partial charge on any atom is -0.444 e. The number of aromatic nitrogens is 1. The van der Waals surface area contributed by atoms with Crippen LogP contribution in [0.4, 0.5) is 15.4 Å². The standard InChI is InChI=1S/C19H29N3O5/c1-18(2,3)26-16(24)21-12-8-10-14(23)13-9-7-11-20-15(13)22-17(25)27-19(4,5)6/h7,9,11H,8,10,12H2,1-6H3,(H,21,24)(H,20,22,25). The highest BCUT2D eigenvalue weighted by Gasteiger charge is 2.20. The van der Waals surface area contributed by atoms with Crippen molar-refractivity contribution in [1.82, 2.24) is 10.3 Å². The van der Waals surface area contributed by atoms with Crippen molar-refractivity contribution in [1.29, 1.82) is 0 Å². The minimum atomic E-state index is -0.679. The minimum absolute atomic E-state index is 0.150. The van der Waals surface area contributed by atoms with Crippen molar-refractivity contribution in [2.45, 2.75) is 65.6 Å². The summed E-state index contributed by atoms with van der Waals surface area (Å²) >= 11 is 0. The second-order valence-electron chi connectivity index (χ2n) is 7.98. The summed E-state index contributed by atoms with van der Waals surface area (Å²) in [6.45, 7) is 10.9. The third-order valence-corrected chi connectivity index (χ3v) is 2.98. The number of ether oxygens (including phenoxy) is 2. The first kappa shape index (κ1) is 22.4. The molecule has 0 atom stereocenters. The molecule has 0 unspecified atom stereocenters. The third kappa shape index (κ3) is 9.58. The maximum Gasteiger partial charge on any atom is 0.413 e. The summed E-state index contributed by atoms with van der Waals surface area (Å²) in [6.07, 6.45) is 0.891. The Morgan fingerprint density at radius 2 is 1.59 bits per heavy atom. The summed E-state index contributed by atoms with van der Waals surface area (Å²) in [7, 11) is 0. The normalized spacial score (nSPS) is 11.5. The molecule has 1 aromatic rings. The number of carbonyl (C=O) groups excluding carboxylic acids is 3. The number of rotatable bonds is 6. The second-order valence-corrected chi connectivity index (χ2v) is 7.98. The quantitative estimate of drug-likeness (QED) is 0.573. The van der Waals surface area contributed by atoms with Gasteiger partial charge in [0, 0.05) is 19.2 Å². The average molecular weight is 379 g/mol. The van der Waals surface area contributed by atoms with E-state index < -0.39 is 23.4 Å². The molecule has 2 amide bonds. The van der Waals surface area contributed by atoms with Crippen LogP contribution in [-0.4, -0.2) is 40.7 Å². The third-order valence-electron chi connectivity index (χ3n) is 2.98. The van der Waals surface area contributed by atoms with Crippen molar-refractivity contribution in [3.63, 3.8) is 0 Å². The van der Waals surface area contributed by atoms with Gasteiger partial charge >= 0.3 is 12.2 Å². The number of alkyl carbamates (subject to hydrolysis) is 1. The zero-order chi connectivity index (χ0) is 20.7. The lowest BCUT2D eigenvalue weighted by Crippen LogP contribution is -2.33. The zero-order valence-electron chi connectivity index (χ0n) is 16.8. The summed E-state index contributed by atoms with van der Waals surface area (Å²) in [6, 6.07) is 3.20. The Morgan fingerprint density at radius 3 is 2.19 bits per heavy atom. The SMILES string of the molecule is CC(C)(C)OC(=O)NCCCC(=O)c1cccnc1NC(=O)OC(C)(C)C. The summed E-state index contributed by atoms with van der Waals surface area (Å²) in [4.78, 5) is 40.0. The van der Waals surface area contributed by atoms with Crippen molar-refractivity contribution in [3.05, 3.63) is 23.9 Å². The molecule has 1 rings (SSSR count). The summed E-state index contributed by atoms with van der Waals surface area (Å²) < 4.78 is 10.3.